The molecule has 8 nitrogen and oxygen atoms in total. The molecule has 0 spiro atoms. The second-order valence-electron chi connectivity index (χ2n) is 8.23. The van der Waals surface area contributed by atoms with Gasteiger partial charge in [0.2, 0.25) is 10.0 Å². The number of sulfonamides is 1. The highest BCUT2D eigenvalue weighted by Crippen LogP contribution is 2.27. The minimum Gasteiger partial charge on any atom is -0.503 e. The summed E-state index contributed by atoms with van der Waals surface area (Å²) in [7, 11) is -1.98. The molecule has 1 aliphatic carbocycles. The molecule has 0 saturated heterocycles. The maximum absolute atomic E-state index is 12.5. The molecule has 3 N–H and O–H groups in total. The fourth-order valence-electron chi connectivity index (χ4n) is 3.54. The Morgan fingerprint density at radius 3 is 2.41 bits per heavy atom. The Morgan fingerprint density at radius 2 is 1.81 bits per heavy atom. The number of nitrogens with zero attached hydrogens (tertiary/aromatic N) is 1. The van der Waals surface area contributed by atoms with E-state index in [9.17, 15) is 23.1 Å². The highest BCUT2D eigenvalue weighted by Gasteiger charge is 2.32. The number of benzene rings is 2. The number of aliphatic hydroxyl groups excluding tert-OH is 1. The first-order chi connectivity index (χ1) is 15.2. The minimum atomic E-state index is -3.50. The lowest BCUT2D eigenvalue weighted by Crippen LogP contribution is -2.30. The zero-order valence-electron chi connectivity index (χ0n) is 17.8. The largest absolute Gasteiger partial charge is 0.503 e. The van der Waals surface area contributed by atoms with Crippen molar-refractivity contribution in [1.82, 2.24) is 14.9 Å². The summed E-state index contributed by atoms with van der Waals surface area (Å²) >= 11 is 0. The average Bonchev–Trinajstić information content (AvgIpc) is 3.55. The van der Waals surface area contributed by atoms with Crippen LogP contribution in [0, 0.1) is 0 Å². The quantitative estimate of drug-likeness (QED) is 0.592. The molecular weight excluding hydrogens is 430 g/mol. The smallest absolute Gasteiger partial charge is 0.289 e. The lowest BCUT2D eigenvalue weighted by atomic mass is 10.00. The molecule has 1 aliphatic heterocycles. The number of carbonyl (C=O) groups is 2. The van der Waals surface area contributed by atoms with E-state index in [0.29, 0.717) is 0 Å². The molecule has 0 aromatic heterocycles. The predicted molar refractivity (Wildman–Crippen MR) is 119 cm³/mol. The van der Waals surface area contributed by atoms with Gasteiger partial charge in [-0.1, -0.05) is 30.3 Å². The third kappa shape index (κ3) is 4.53. The van der Waals surface area contributed by atoms with Crippen molar-refractivity contribution < 1.29 is 23.1 Å². The van der Waals surface area contributed by atoms with Crippen molar-refractivity contribution in [1.29, 1.82) is 0 Å². The fourth-order valence-corrected chi connectivity index (χ4v) is 4.85. The Labute approximate surface area is 187 Å². The van der Waals surface area contributed by atoms with Crippen molar-refractivity contribution in [3.8, 4) is 11.1 Å². The van der Waals surface area contributed by atoms with E-state index in [-0.39, 0.29) is 29.1 Å². The Morgan fingerprint density at radius 1 is 1.12 bits per heavy atom. The van der Waals surface area contributed by atoms with Crippen LogP contribution in [-0.4, -0.2) is 49.9 Å². The van der Waals surface area contributed by atoms with Crippen molar-refractivity contribution in [3.63, 3.8) is 0 Å². The van der Waals surface area contributed by atoms with Gasteiger partial charge in [0.05, 0.1) is 23.1 Å². The molecule has 0 bridgehead atoms. The van der Waals surface area contributed by atoms with Gasteiger partial charge in [-0.05, 0) is 54.7 Å². The van der Waals surface area contributed by atoms with Crippen LogP contribution in [0.2, 0.25) is 0 Å². The van der Waals surface area contributed by atoms with Gasteiger partial charge in [-0.3, -0.25) is 9.59 Å². The van der Waals surface area contributed by atoms with Crippen LogP contribution in [0.3, 0.4) is 0 Å². The van der Waals surface area contributed by atoms with Gasteiger partial charge >= 0.3 is 0 Å². The number of hydrogen-bond acceptors (Lipinski definition) is 5. The number of carbonyl (C=O) groups excluding carboxylic acids is 2. The van der Waals surface area contributed by atoms with Crippen molar-refractivity contribution in [2.45, 2.75) is 36.7 Å². The first-order valence-electron chi connectivity index (χ1n) is 10.4. The van der Waals surface area contributed by atoms with Gasteiger partial charge in [0.1, 0.15) is 0 Å². The monoisotopic (exact) mass is 455 g/mol. The molecule has 1 atom stereocenters. The van der Waals surface area contributed by atoms with Gasteiger partial charge in [-0.25, -0.2) is 13.1 Å². The Balaban J connectivity index is 1.48. The summed E-state index contributed by atoms with van der Waals surface area (Å²) in [5.41, 5.74) is 2.61. The number of nitrogens with one attached hydrogen (secondary N) is 2. The normalized spacial score (nSPS) is 17.6. The minimum absolute atomic E-state index is 0.0495. The molecule has 1 heterocycles. The SMILES string of the molecule is C[C@@H](NC(=O)C1=C(O)C(=O)N(C)C1)c1cccc(-c2ccc(S(=O)(=O)NC3CC3)cc2)c1. The first-order valence-corrected chi connectivity index (χ1v) is 11.8. The lowest BCUT2D eigenvalue weighted by molar-refractivity contribution is -0.126. The maximum atomic E-state index is 12.5. The van der Waals surface area contributed by atoms with Crippen LogP contribution in [0.5, 0.6) is 0 Å². The number of rotatable bonds is 7. The van der Waals surface area contributed by atoms with E-state index in [1.807, 2.05) is 31.2 Å². The molecule has 9 heteroatoms. The standard InChI is InChI=1S/C23H25N3O5S/c1-14(24-22(28)20-13-26(2)23(29)21(20)27)16-4-3-5-17(12-16)15-6-10-19(11-7-15)32(30,31)25-18-8-9-18/h3-7,10-12,14,18,25,27H,8-9,13H2,1-2H3,(H,24,28)/t14-/m1/s1. The molecule has 168 valence electrons. The highest BCUT2D eigenvalue weighted by atomic mass is 32.2. The Bertz CT molecular complexity index is 1200. The first kappa shape index (κ1) is 22.0. The van der Waals surface area contributed by atoms with Gasteiger partial charge in [0.15, 0.2) is 5.76 Å². The van der Waals surface area contributed by atoms with E-state index in [1.165, 1.54) is 11.9 Å². The Hall–Kier alpha value is -3.17. The highest BCUT2D eigenvalue weighted by molar-refractivity contribution is 7.89. The molecule has 32 heavy (non-hydrogen) atoms. The van der Waals surface area contributed by atoms with Crippen LogP contribution in [0.4, 0.5) is 0 Å². The van der Waals surface area contributed by atoms with Crippen LogP contribution in [0.25, 0.3) is 11.1 Å². The van der Waals surface area contributed by atoms with E-state index in [0.717, 1.165) is 29.5 Å². The molecule has 0 radical (unpaired) electrons. The van der Waals surface area contributed by atoms with E-state index in [4.69, 9.17) is 0 Å². The number of amides is 2. The summed E-state index contributed by atoms with van der Waals surface area (Å²) in [5.74, 6) is -1.57. The number of aliphatic hydroxyl groups is 1. The molecule has 2 aromatic carbocycles. The summed E-state index contributed by atoms with van der Waals surface area (Å²) < 4.78 is 27.4. The summed E-state index contributed by atoms with van der Waals surface area (Å²) in [6.45, 7) is 1.88. The molecule has 2 aromatic rings. The summed E-state index contributed by atoms with van der Waals surface area (Å²) in [6.07, 6.45) is 1.76. The van der Waals surface area contributed by atoms with Crippen LogP contribution in [0.15, 0.2) is 64.8 Å². The van der Waals surface area contributed by atoms with Crippen LogP contribution >= 0.6 is 0 Å². The molecular formula is C23H25N3O5S. The molecule has 1 saturated carbocycles. The van der Waals surface area contributed by atoms with Crippen LogP contribution in [0.1, 0.15) is 31.4 Å². The number of likely N-dealkylation sites (N-methyl/N-ethyl adjacent to an activating group) is 1. The van der Waals surface area contributed by atoms with E-state index >= 15 is 0 Å². The average molecular weight is 456 g/mol. The second kappa shape index (κ2) is 8.40. The molecule has 2 amide bonds. The molecule has 4 rings (SSSR count). The third-order valence-corrected chi connectivity index (χ3v) is 7.17. The molecule has 1 fully saturated rings. The molecule has 0 unspecified atom stereocenters. The third-order valence-electron chi connectivity index (χ3n) is 5.64. The van der Waals surface area contributed by atoms with Gasteiger partial charge in [0, 0.05) is 13.1 Å². The number of hydrogen-bond donors (Lipinski definition) is 3. The van der Waals surface area contributed by atoms with E-state index < -0.39 is 27.6 Å². The summed E-state index contributed by atoms with van der Waals surface area (Å²) in [5, 5.41) is 12.7. The van der Waals surface area contributed by atoms with Gasteiger partial charge in [0.25, 0.3) is 11.8 Å². The van der Waals surface area contributed by atoms with E-state index in [2.05, 4.69) is 10.0 Å². The van der Waals surface area contributed by atoms with Crippen molar-refractivity contribution in [3.05, 3.63) is 65.4 Å². The topological polar surface area (TPSA) is 116 Å². The summed E-state index contributed by atoms with van der Waals surface area (Å²) in [4.78, 5) is 25.8. The van der Waals surface area contributed by atoms with Crippen molar-refractivity contribution in [2.24, 2.45) is 0 Å². The molecule has 2 aliphatic rings. The summed E-state index contributed by atoms with van der Waals surface area (Å²) in [6, 6.07) is 13.9. The van der Waals surface area contributed by atoms with Crippen molar-refractivity contribution >= 4 is 21.8 Å². The van der Waals surface area contributed by atoms with Gasteiger partial charge in [-0.15, -0.1) is 0 Å². The maximum Gasteiger partial charge on any atom is 0.289 e. The van der Waals surface area contributed by atoms with Gasteiger partial charge < -0.3 is 15.3 Å². The second-order valence-corrected chi connectivity index (χ2v) is 9.94. The fraction of sp³-hybridized carbons (Fsp3) is 0.304. The zero-order chi connectivity index (χ0) is 23.0. The lowest BCUT2D eigenvalue weighted by Gasteiger charge is -2.16. The van der Waals surface area contributed by atoms with Gasteiger partial charge in [-0.2, -0.15) is 0 Å². The van der Waals surface area contributed by atoms with Crippen LogP contribution in [-0.2, 0) is 19.6 Å². The zero-order valence-corrected chi connectivity index (χ0v) is 18.6. The van der Waals surface area contributed by atoms with Crippen molar-refractivity contribution in [2.75, 3.05) is 13.6 Å². The predicted octanol–water partition coefficient (Wildman–Crippen LogP) is 2.26. The Kier molecular flexibility index (Phi) is 5.79. The van der Waals surface area contributed by atoms with Crippen LogP contribution < -0.4 is 10.0 Å². The van der Waals surface area contributed by atoms with E-state index in [1.54, 1.807) is 24.3 Å².